The Balaban J connectivity index is 2.05. The first-order valence-electron chi connectivity index (χ1n) is 11.8. The van der Waals surface area contributed by atoms with E-state index in [1.807, 2.05) is 13.8 Å². The molecule has 0 radical (unpaired) electrons. The van der Waals surface area contributed by atoms with Crippen molar-refractivity contribution < 1.29 is 18.0 Å². The van der Waals surface area contributed by atoms with Crippen LogP contribution < -0.4 is 9.62 Å². The number of rotatable bonds is 10. The lowest BCUT2D eigenvalue weighted by atomic mass is 10.1. The number of amides is 2. The van der Waals surface area contributed by atoms with E-state index in [0.717, 1.165) is 7.88 Å². The molecule has 38 heavy (non-hydrogen) atoms. The summed E-state index contributed by atoms with van der Waals surface area (Å²) in [6.45, 7) is 4.58. The van der Waals surface area contributed by atoms with Gasteiger partial charge in [-0.2, -0.15) is 0 Å². The molecule has 0 aromatic heterocycles. The molecule has 0 aliphatic heterocycles. The number of carbonyl (C=O) groups excluding carboxylic acids is 2. The molecule has 7 nitrogen and oxygen atoms in total. The topological polar surface area (TPSA) is 86.8 Å². The average molecular weight is 688 g/mol. The minimum atomic E-state index is -4.12. The molecule has 3 rings (SSSR count). The Morgan fingerprint density at radius 1 is 0.895 bits per heavy atom. The maximum atomic E-state index is 13.9. The van der Waals surface area contributed by atoms with E-state index >= 15 is 0 Å². The molecule has 0 heterocycles. The molecule has 0 bridgehead atoms. The molecule has 2 amide bonds. The van der Waals surface area contributed by atoms with E-state index < -0.39 is 28.5 Å². The van der Waals surface area contributed by atoms with Crippen LogP contribution in [-0.2, 0) is 26.2 Å². The number of nitrogens with one attached hydrogen (secondary N) is 1. The van der Waals surface area contributed by atoms with Crippen molar-refractivity contribution in [1.82, 2.24) is 10.2 Å². The molecule has 11 heteroatoms. The van der Waals surface area contributed by atoms with Crippen molar-refractivity contribution >= 4 is 73.3 Å². The van der Waals surface area contributed by atoms with Crippen molar-refractivity contribution in [1.29, 1.82) is 0 Å². The zero-order valence-electron chi connectivity index (χ0n) is 21.1. The molecular weight excluding hydrogens is 660 g/mol. The Morgan fingerprint density at radius 2 is 1.47 bits per heavy atom. The lowest BCUT2D eigenvalue weighted by Crippen LogP contribution is -2.52. The van der Waals surface area contributed by atoms with Gasteiger partial charge >= 0.3 is 0 Å². The quantitative estimate of drug-likeness (QED) is 0.276. The first-order valence-corrected chi connectivity index (χ1v) is 15.1. The van der Waals surface area contributed by atoms with E-state index in [-0.39, 0.29) is 23.4 Å². The number of halogens is 3. The number of carbonyl (C=O) groups is 2. The van der Waals surface area contributed by atoms with Gasteiger partial charge in [-0.3, -0.25) is 13.9 Å². The summed E-state index contributed by atoms with van der Waals surface area (Å²) in [5.74, 6) is -0.978. The molecule has 0 saturated carbocycles. The van der Waals surface area contributed by atoms with Gasteiger partial charge in [0, 0.05) is 31.8 Å². The maximum absolute atomic E-state index is 13.9. The summed E-state index contributed by atoms with van der Waals surface area (Å²) in [4.78, 5) is 28.2. The highest BCUT2D eigenvalue weighted by Gasteiger charge is 2.33. The van der Waals surface area contributed by atoms with Gasteiger partial charge in [0.1, 0.15) is 12.6 Å². The summed E-state index contributed by atoms with van der Waals surface area (Å²) in [7, 11) is -4.12. The van der Waals surface area contributed by atoms with Gasteiger partial charge in [-0.1, -0.05) is 47.5 Å². The van der Waals surface area contributed by atoms with Crippen LogP contribution >= 0.6 is 45.8 Å². The molecular formula is C27H28Cl2IN3O4S. The predicted molar refractivity (Wildman–Crippen MR) is 160 cm³/mol. The molecule has 0 saturated heterocycles. The maximum Gasteiger partial charge on any atom is 0.264 e. The number of sulfonamides is 1. The van der Waals surface area contributed by atoms with Crippen LogP contribution in [0.3, 0.4) is 0 Å². The Bertz CT molecular complexity index is 1370. The second-order valence-electron chi connectivity index (χ2n) is 8.86. The van der Waals surface area contributed by atoms with Crippen molar-refractivity contribution in [3.05, 3.63) is 92.0 Å². The largest absolute Gasteiger partial charge is 0.352 e. The number of hydrogen-bond acceptors (Lipinski definition) is 4. The molecule has 1 N–H and O–H groups in total. The summed E-state index contributed by atoms with van der Waals surface area (Å²) >= 11 is 14.9. The van der Waals surface area contributed by atoms with Gasteiger partial charge in [0.15, 0.2) is 0 Å². The van der Waals surface area contributed by atoms with E-state index in [1.165, 1.54) is 17.0 Å². The Morgan fingerprint density at radius 3 is 2.03 bits per heavy atom. The van der Waals surface area contributed by atoms with E-state index in [9.17, 15) is 18.0 Å². The Hall–Kier alpha value is -2.34. The van der Waals surface area contributed by atoms with E-state index in [0.29, 0.717) is 21.3 Å². The van der Waals surface area contributed by atoms with Gasteiger partial charge in [-0.15, -0.1) is 0 Å². The first-order chi connectivity index (χ1) is 17.9. The van der Waals surface area contributed by atoms with Crippen LogP contribution in [0.15, 0.2) is 77.7 Å². The summed E-state index contributed by atoms with van der Waals surface area (Å²) in [6.07, 6.45) is 0. The van der Waals surface area contributed by atoms with Crippen LogP contribution in [-0.4, -0.2) is 43.8 Å². The molecule has 0 fully saturated rings. The van der Waals surface area contributed by atoms with Crippen LogP contribution in [0.4, 0.5) is 5.69 Å². The SMILES string of the molecule is CC(C)NC(=O)[C@H](C)N(Cc1c(Cl)cccc1Cl)C(=O)CN(c1ccc(I)cc1)S(=O)(=O)c1ccccc1. The van der Waals surface area contributed by atoms with E-state index in [1.54, 1.807) is 67.6 Å². The van der Waals surface area contributed by atoms with Crippen molar-refractivity contribution in [2.45, 2.75) is 44.3 Å². The number of benzene rings is 3. The minimum absolute atomic E-state index is 0.0395. The fourth-order valence-corrected chi connectivity index (χ4v) is 6.01. The fourth-order valence-electron chi connectivity index (χ4n) is 3.70. The normalized spacial score (nSPS) is 12.2. The minimum Gasteiger partial charge on any atom is -0.352 e. The molecule has 1 atom stereocenters. The monoisotopic (exact) mass is 687 g/mol. The average Bonchev–Trinajstić information content (AvgIpc) is 2.87. The molecule has 3 aromatic carbocycles. The highest BCUT2D eigenvalue weighted by molar-refractivity contribution is 14.1. The number of nitrogens with zero attached hydrogens (tertiary/aromatic N) is 2. The third kappa shape index (κ3) is 7.40. The highest BCUT2D eigenvalue weighted by Crippen LogP contribution is 2.28. The molecule has 0 unspecified atom stereocenters. The summed E-state index contributed by atoms with van der Waals surface area (Å²) in [5, 5.41) is 3.47. The van der Waals surface area contributed by atoms with Crippen molar-refractivity contribution in [2.24, 2.45) is 0 Å². The summed E-state index contributed by atoms with van der Waals surface area (Å²) in [5.41, 5.74) is 0.776. The van der Waals surface area contributed by atoms with Crippen molar-refractivity contribution in [3.8, 4) is 0 Å². The smallest absolute Gasteiger partial charge is 0.264 e. The van der Waals surface area contributed by atoms with Gasteiger partial charge in [0.05, 0.1) is 10.6 Å². The second-order valence-corrected chi connectivity index (χ2v) is 12.8. The molecule has 202 valence electrons. The highest BCUT2D eigenvalue weighted by atomic mass is 127. The van der Waals surface area contributed by atoms with Gasteiger partial charge in [-0.05, 0) is 91.9 Å². The zero-order valence-corrected chi connectivity index (χ0v) is 25.6. The molecule has 0 spiro atoms. The van der Waals surface area contributed by atoms with Crippen molar-refractivity contribution in [3.63, 3.8) is 0 Å². The lowest BCUT2D eigenvalue weighted by molar-refractivity contribution is -0.139. The number of anilines is 1. The second kappa shape index (κ2) is 13.1. The Labute approximate surface area is 247 Å². The van der Waals surface area contributed by atoms with E-state index in [2.05, 4.69) is 27.9 Å². The van der Waals surface area contributed by atoms with Crippen molar-refractivity contribution in [2.75, 3.05) is 10.8 Å². The van der Waals surface area contributed by atoms with Crippen LogP contribution in [0.5, 0.6) is 0 Å². The van der Waals surface area contributed by atoms with Crippen LogP contribution in [0, 0.1) is 3.57 Å². The molecule has 0 aliphatic carbocycles. The van der Waals surface area contributed by atoms with Gasteiger partial charge in [0.25, 0.3) is 10.0 Å². The van der Waals surface area contributed by atoms with Crippen LogP contribution in [0.2, 0.25) is 10.0 Å². The molecule has 0 aliphatic rings. The predicted octanol–water partition coefficient (Wildman–Crippen LogP) is 5.74. The van der Waals surface area contributed by atoms with Crippen LogP contribution in [0.25, 0.3) is 0 Å². The third-order valence-electron chi connectivity index (χ3n) is 5.71. The fraction of sp³-hybridized carbons (Fsp3) is 0.259. The standard InChI is InChI=1S/C27H28Cl2IN3O4S/c1-18(2)31-27(35)19(3)32(16-23-24(28)10-7-11-25(23)29)26(34)17-33(21-14-12-20(30)13-15-21)38(36,37)22-8-5-4-6-9-22/h4-15,18-19H,16-17H2,1-3H3,(H,31,35)/t19-/m0/s1. The molecule has 3 aromatic rings. The van der Waals surface area contributed by atoms with Gasteiger partial charge < -0.3 is 10.2 Å². The van der Waals surface area contributed by atoms with Gasteiger partial charge in [0.2, 0.25) is 11.8 Å². The third-order valence-corrected chi connectivity index (χ3v) is 8.93. The lowest BCUT2D eigenvalue weighted by Gasteiger charge is -2.32. The zero-order chi connectivity index (χ0) is 28.0. The first kappa shape index (κ1) is 30.2. The van der Waals surface area contributed by atoms with E-state index in [4.69, 9.17) is 23.2 Å². The summed E-state index contributed by atoms with van der Waals surface area (Å²) in [6, 6.07) is 18.5. The van der Waals surface area contributed by atoms with Crippen LogP contribution in [0.1, 0.15) is 26.3 Å². The summed E-state index contributed by atoms with van der Waals surface area (Å²) < 4.78 is 29.4. The van der Waals surface area contributed by atoms with Gasteiger partial charge in [-0.25, -0.2) is 8.42 Å². The number of hydrogen-bond donors (Lipinski definition) is 1. The Kier molecular flexibility index (Phi) is 10.4.